The molecule has 0 saturated heterocycles. The van der Waals surface area contributed by atoms with Gasteiger partial charge in [-0.3, -0.25) is 0 Å². The molecule has 0 bridgehead atoms. The molecule has 4 heteroatoms. The highest BCUT2D eigenvalue weighted by Gasteiger charge is 2.39. The summed E-state index contributed by atoms with van der Waals surface area (Å²) >= 11 is 0. The van der Waals surface area contributed by atoms with Gasteiger partial charge in [0, 0.05) is 18.0 Å². The third-order valence-corrected chi connectivity index (χ3v) is 4.64. The molecule has 2 N–H and O–H groups in total. The molecule has 0 spiro atoms. The van der Waals surface area contributed by atoms with E-state index in [0.29, 0.717) is 5.92 Å². The Labute approximate surface area is 124 Å². The van der Waals surface area contributed by atoms with E-state index < -0.39 is 0 Å². The molecule has 1 aliphatic rings. The van der Waals surface area contributed by atoms with Crippen LogP contribution >= 0.6 is 0 Å². The van der Waals surface area contributed by atoms with E-state index in [2.05, 4.69) is 23.0 Å². The van der Waals surface area contributed by atoms with Crippen LogP contribution in [0.4, 0.5) is 5.95 Å². The molecule has 1 heterocycles. The predicted octanol–water partition coefficient (Wildman–Crippen LogP) is 3.31. The maximum absolute atomic E-state index is 9.61. The zero-order valence-electron chi connectivity index (χ0n) is 12.1. The van der Waals surface area contributed by atoms with Gasteiger partial charge >= 0.3 is 0 Å². The van der Waals surface area contributed by atoms with Crippen LogP contribution in [0, 0.1) is 17.2 Å². The predicted molar refractivity (Wildman–Crippen MR) is 82.2 cm³/mol. The van der Waals surface area contributed by atoms with Crippen LogP contribution in [0.2, 0.25) is 0 Å². The topological polar surface area (TPSA) is 75.6 Å². The highest BCUT2D eigenvalue weighted by atomic mass is 15.0. The molecule has 3 rings (SSSR count). The van der Waals surface area contributed by atoms with Crippen molar-refractivity contribution in [2.45, 2.75) is 31.6 Å². The largest absolute Gasteiger partial charge is 0.368 e. The van der Waals surface area contributed by atoms with Crippen molar-refractivity contribution in [2.24, 2.45) is 5.92 Å². The molecular formula is C17H18N4. The molecule has 4 nitrogen and oxygen atoms in total. The van der Waals surface area contributed by atoms with Gasteiger partial charge in [0.25, 0.3) is 0 Å². The minimum Gasteiger partial charge on any atom is -0.368 e. The molecule has 1 aromatic carbocycles. The Hall–Kier alpha value is -2.41. The van der Waals surface area contributed by atoms with Crippen molar-refractivity contribution in [1.82, 2.24) is 9.97 Å². The number of hydrogen-bond acceptors (Lipinski definition) is 4. The van der Waals surface area contributed by atoms with Crippen LogP contribution in [-0.2, 0) is 5.41 Å². The van der Waals surface area contributed by atoms with Gasteiger partial charge in [0.1, 0.15) is 0 Å². The quantitative estimate of drug-likeness (QED) is 0.934. The first kappa shape index (κ1) is 13.6. The fourth-order valence-electron chi connectivity index (χ4n) is 2.87. The molecule has 1 fully saturated rings. The Morgan fingerprint density at radius 1 is 1.14 bits per heavy atom. The second-order valence-electron chi connectivity index (χ2n) is 5.85. The van der Waals surface area contributed by atoms with Crippen LogP contribution in [-0.4, -0.2) is 9.97 Å². The van der Waals surface area contributed by atoms with E-state index in [0.717, 1.165) is 29.5 Å². The number of anilines is 1. The summed E-state index contributed by atoms with van der Waals surface area (Å²) in [4.78, 5) is 8.02. The first-order valence-electron chi connectivity index (χ1n) is 7.23. The van der Waals surface area contributed by atoms with E-state index in [1.807, 2.05) is 24.3 Å². The highest BCUT2D eigenvalue weighted by Crippen LogP contribution is 2.43. The first-order chi connectivity index (χ1) is 10.1. The minimum absolute atomic E-state index is 0.275. The summed E-state index contributed by atoms with van der Waals surface area (Å²) in [6.07, 6.45) is 6.97. The summed E-state index contributed by atoms with van der Waals surface area (Å²) in [6, 6.07) is 10.7. The third kappa shape index (κ3) is 2.36. The van der Waals surface area contributed by atoms with Crippen molar-refractivity contribution in [3.8, 4) is 17.2 Å². The van der Waals surface area contributed by atoms with E-state index >= 15 is 0 Å². The van der Waals surface area contributed by atoms with Gasteiger partial charge in [0.2, 0.25) is 5.95 Å². The van der Waals surface area contributed by atoms with Crippen LogP contribution < -0.4 is 5.73 Å². The fourth-order valence-corrected chi connectivity index (χ4v) is 2.87. The van der Waals surface area contributed by atoms with Gasteiger partial charge in [-0.1, -0.05) is 30.7 Å². The van der Waals surface area contributed by atoms with Gasteiger partial charge in [-0.2, -0.15) is 5.26 Å². The van der Waals surface area contributed by atoms with Crippen molar-refractivity contribution in [3.63, 3.8) is 0 Å². The average molecular weight is 278 g/mol. The zero-order valence-corrected chi connectivity index (χ0v) is 12.1. The second kappa shape index (κ2) is 5.17. The van der Waals surface area contributed by atoms with Gasteiger partial charge in [-0.05, 0) is 36.8 Å². The van der Waals surface area contributed by atoms with E-state index in [1.54, 1.807) is 12.4 Å². The van der Waals surface area contributed by atoms with Gasteiger partial charge in [0.05, 0.1) is 11.5 Å². The third-order valence-electron chi connectivity index (χ3n) is 4.64. The van der Waals surface area contributed by atoms with Crippen LogP contribution in [0.15, 0.2) is 36.7 Å². The molecule has 106 valence electrons. The van der Waals surface area contributed by atoms with E-state index in [1.165, 1.54) is 6.42 Å². The first-order valence-corrected chi connectivity index (χ1v) is 7.23. The second-order valence-corrected chi connectivity index (χ2v) is 5.85. The molecule has 1 atom stereocenters. The Morgan fingerprint density at radius 3 is 2.24 bits per heavy atom. The lowest BCUT2D eigenvalue weighted by molar-refractivity contribution is 0.223. The molecule has 1 saturated carbocycles. The summed E-state index contributed by atoms with van der Waals surface area (Å²) in [6.45, 7) is 2.05. The number of nitrogen functional groups attached to an aromatic ring is 1. The molecule has 0 amide bonds. The number of aromatic nitrogens is 2. The normalized spacial score (nSPS) is 17.5. The van der Waals surface area contributed by atoms with Gasteiger partial charge in [-0.25, -0.2) is 9.97 Å². The molecule has 0 aliphatic heterocycles. The Bertz CT molecular complexity index is 665. The van der Waals surface area contributed by atoms with E-state index in [9.17, 15) is 5.26 Å². The summed E-state index contributed by atoms with van der Waals surface area (Å²) in [7, 11) is 0. The lowest BCUT2D eigenvalue weighted by atomic mass is 9.64. The standard InChI is InChI=1S/C17H18N4/c1-17(11-18,14-3-2-4-14)15-7-5-12(6-8-15)13-9-20-16(19)21-10-13/h5-10,14H,2-4H2,1H3,(H2,19,20,21). The number of benzene rings is 1. The summed E-state index contributed by atoms with van der Waals surface area (Å²) in [5.41, 5.74) is 8.18. The monoisotopic (exact) mass is 278 g/mol. The molecule has 21 heavy (non-hydrogen) atoms. The van der Waals surface area contributed by atoms with Crippen LogP contribution in [0.3, 0.4) is 0 Å². The molecule has 1 unspecified atom stereocenters. The number of nitrogens with two attached hydrogens (primary N) is 1. The number of rotatable bonds is 3. The van der Waals surface area contributed by atoms with Crippen molar-refractivity contribution >= 4 is 5.95 Å². The maximum atomic E-state index is 9.61. The smallest absolute Gasteiger partial charge is 0.219 e. The van der Waals surface area contributed by atoms with Crippen LogP contribution in [0.1, 0.15) is 31.7 Å². The Balaban J connectivity index is 1.90. The fraction of sp³-hybridized carbons (Fsp3) is 0.353. The molecular weight excluding hydrogens is 260 g/mol. The van der Waals surface area contributed by atoms with Gasteiger partial charge < -0.3 is 5.73 Å². The SMILES string of the molecule is CC(C#N)(c1ccc(-c2cnc(N)nc2)cc1)C1CCC1. The lowest BCUT2D eigenvalue weighted by Gasteiger charge is -2.38. The summed E-state index contributed by atoms with van der Waals surface area (Å²) < 4.78 is 0. The molecule has 2 aromatic rings. The van der Waals surface area contributed by atoms with Crippen molar-refractivity contribution in [1.29, 1.82) is 5.26 Å². The zero-order chi connectivity index (χ0) is 14.9. The number of nitriles is 1. The molecule has 0 radical (unpaired) electrons. The van der Waals surface area contributed by atoms with E-state index in [4.69, 9.17) is 5.73 Å². The molecule has 1 aliphatic carbocycles. The number of nitrogens with zero attached hydrogens (tertiary/aromatic N) is 3. The highest BCUT2D eigenvalue weighted by molar-refractivity contribution is 5.62. The minimum atomic E-state index is -0.381. The molecule has 1 aromatic heterocycles. The number of hydrogen-bond donors (Lipinski definition) is 1. The van der Waals surface area contributed by atoms with Crippen molar-refractivity contribution in [2.75, 3.05) is 5.73 Å². The van der Waals surface area contributed by atoms with Crippen LogP contribution in [0.5, 0.6) is 0 Å². The van der Waals surface area contributed by atoms with Crippen LogP contribution in [0.25, 0.3) is 11.1 Å². The van der Waals surface area contributed by atoms with Gasteiger partial charge in [-0.15, -0.1) is 0 Å². The van der Waals surface area contributed by atoms with Gasteiger partial charge in [0.15, 0.2) is 0 Å². The van der Waals surface area contributed by atoms with Crippen molar-refractivity contribution < 1.29 is 0 Å². The maximum Gasteiger partial charge on any atom is 0.219 e. The Morgan fingerprint density at radius 2 is 1.76 bits per heavy atom. The van der Waals surface area contributed by atoms with Crippen molar-refractivity contribution in [3.05, 3.63) is 42.2 Å². The lowest BCUT2D eigenvalue weighted by Crippen LogP contribution is -2.35. The summed E-state index contributed by atoms with van der Waals surface area (Å²) in [5, 5.41) is 9.61. The Kier molecular flexibility index (Phi) is 3.34. The average Bonchev–Trinajstić information content (AvgIpc) is 2.46. The van der Waals surface area contributed by atoms with E-state index in [-0.39, 0.29) is 11.4 Å². The summed E-state index contributed by atoms with van der Waals surface area (Å²) in [5.74, 6) is 0.755.